The van der Waals surface area contributed by atoms with E-state index in [2.05, 4.69) is 32.8 Å². The van der Waals surface area contributed by atoms with E-state index in [1.165, 1.54) is 9.36 Å². The second-order valence-corrected chi connectivity index (χ2v) is 10.7. The van der Waals surface area contributed by atoms with E-state index in [0.29, 0.717) is 52.0 Å². The maximum Gasteiger partial charge on any atom is 0.275 e. The maximum absolute atomic E-state index is 14.1. The van der Waals surface area contributed by atoms with E-state index in [9.17, 15) is 9.59 Å². The number of H-pyrrole nitrogens is 2. The lowest BCUT2D eigenvalue weighted by Crippen LogP contribution is -2.25. The second kappa shape index (κ2) is 11.6. The summed E-state index contributed by atoms with van der Waals surface area (Å²) in [5.74, 6) is 0.519. The molecule has 0 spiro atoms. The summed E-state index contributed by atoms with van der Waals surface area (Å²) in [6.07, 6.45) is 0.854. The number of rotatable bonds is 9. The number of ether oxygens (including phenoxy) is 2. The Hall–Kier alpha value is -3.99. The number of methoxy groups -OCH3 is 1. The summed E-state index contributed by atoms with van der Waals surface area (Å²) in [7, 11) is 1.59. The van der Waals surface area contributed by atoms with Crippen LogP contribution in [0.2, 0.25) is 0 Å². The molecule has 2 aromatic heterocycles. The van der Waals surface area contributed by atoms with E-state index in [1.807, 2.05) is 93.6 Å². The Kier molecular flexibility index (Phi) is 8.02. The highest BCUT2D eigenvalue weighted by Crippen LogP contribution is 2.40. The van der Waals surface area contributed by atoms with Gasteiger partial charge in [-0.3, -0.25) is 19.8 Å². The number of aromatic nitrogens is 4. The van der Waals surface area contributed by atoms with E-state index < -0.39 is 5.92 Å². The molecule has 40 heavy (non-hydrogen) atoms. The highest BCUT2D eigenvalue weighted by atomic mass is 127. The topological polar surface area (TPSA) is 94.0 Å². The minimum Gasteiger partial charge on any atom is -0.493 e. The van der Waals surface area contributed by atoms with Crippen LogP contribution in [0.4, 0.5) is 0 Å². The number of halogens is 1. The van der Waals surface area contributed by atoms with Gasteiger partial charge in [0.05, 0.1) is 39.8 Å². The summed E-state index contributed by atoms with van der Waals surface area (Å²) in [5, 5.41) is 6.47. The fourth-order valence-electron chi connectivity index (χ4n) is 5.05. The molecule has 0 aliphatic carbocycles. The third kappa shape index (κ3) is 5.01. The van der Waals surface area contributed by atoms with Crippen LogP contribution in [-0.4, -0.2) is 33.3 Å². The van der Waals surface area contributed by atoms with Crippen molar-refractivity contribution in [3.8, 4) is 22.9 Å². The van der Waals surface area contributed by atoms with Gasteiger partial charge in [-0.1, -0.05) is 43.3 Å². The molecule has 0 saturated carbocycles. The SMILES string of the molecule is CCCOc1c(I)cc(C(c2c(C)[nH]n(-c3ccccc3)c2=O)c2c(C)[nH]n(-c3ccccc3)c2=O)cc1OC. The van der Waals surface area contributed by atoms with Gasteiger partial charge < -0.3 is 9.47 Å². The van der Waals surface area contributed by atoms with Crippen LogP contribution in [0.3, 0.4) is 0 Å². The Bertz CT molecular complexity index is 1650. The van der Waals surface area contributed by atoms with Gasteiger partial charge in [-0.25, -0.2) is 9.36 Å². The molecule has 5 aromatic rings. The smallest absolute Gasteiger partial charge is 0.275 e. The Morgan fingerprint density at radius 1 is 0.825 bits per heavy atom. The molecule has 8 nitrogen and oxygen atoms in total. The number of aryl methyl sites for hydroxylation is 2. The normalized spacial score (nSPS) is 11.2. The molecule has 0 unspecified atom stereocenters. The van der Waals surface area contributed by atoms with Gasteiger partial charge in [0.15, 0.2) is 11.5 Å². The molecule has 5 rings (SSSR count). The number of nitrogens with zero attached hydrogens (tertiary/aromatic N) is 2. The van der Waals surface area contributed by atoms with Crippen molar-refractivity contribution in [2.24, 2.45) is 0 Å². The molecule has 0 radical (unpaired) electrons. The lowest BCUT2D eigenvalue weighted by Gasteiger charge is -2.19. The number of para-hydroxylation sites is 2. The van der Waals surface area contributed by atoms with Gasteiger partial charge in [0.1, 0.15) is 0 Å². The van der Waals surface area contributed by atoms with E-state index in [0.717, 1.165) is 15.6 Å². The van der Waals surface area contributed by atoms with E-state index in [-0.39, 0.29) is 11.1 Å². The van der Waals surface area contributed by atoms with Crippen LogP contribution in [0.25, 0.3) is 11.4 Å². The molecular formula is C31H31IN4O4. The summed E-state index contributed by atoms with van der Waals surface area (Å²) >= 11 is 2.22. The molecular weight excluding hydrogens is 619 g/mol. The van der Waals surface area contributed by atoms with Crippen molar-refractivity contribution in [1.82, 2.24) is 19.6 Å². The Labute approximate surface area is 245 Å². The van der Waals surface area contributed by atoms with Gasteiger partial charge >= 0.3 is 0 Å². The van der Waals surface area contributed by atoms with Gasteiger partial charge in [0.25, 0.3) is 11.1 Å². The van der Waals surface area contributed by atoms with Crippen LogP contribution in [0.15, 0.2) is 82.4 Å². The molecule has 206 valence electrons. The minimum atomic E-state index is -0.676. The molecule has 0 aliphatic heterocycles. The summed E-state index contributed by atoms with van der Waals surface area (Å²) in [6, 6.07) is 22.6. The number of hydrogen-bond acceptors (Lipinski definition) is 4. The van der Waals surface area contributed by atoms with Gasteiger partial charge in [0.2, 0.25) is 0 Å². The third-order valence-corrected chi connectivity index (χ3v) is 7.68. The van der Waals surface area contributed by atoms with Crippen LogP contribution >= 0.6 is 22.6 Å². The van der Waals surface area contributed by atoms with E-state index in [1.54, 1.807) is 7.11 Å². The van der Waals surface area contributed by atoms with Gasteiger partial charge in [-0.05, 0) is 84.8 Å². The summed E-state index contributed by atoms with van der Waals surface area (Å²) < 4.78 is 15.6. The average molecular weight is 651 g/mol. The highest BCUT2D eigenvalue weighted by molar-refractivity contribution is 14.1. The maximum atomic E-state index is 14.1. The fourth-order valence-corrected chi connectivity index (χ4v) is 5.83. The summed E-state index contributed by atoms with van der Waals surface area (Å²) in [6.45, 7) is 6.32. The molecule has 0 saturated heterocycles. The van der Waals surface area contributed by atoms with Crippen molar-refractivity contribution in [3.63, 3.8) is 0 Å². The largest absolute Gasteiger partial charge is 0.493 e. The quantitative estimate of drug-likeness (QED) is 0.196. The average Bonchev–Trinajstić information content (AvgIpc) is 3.43. The van der Waals surface area contributed by atoms with Crippen molar-refractivity contribution < 1.29 is 9.47 Å². The van der Waals surface area contributed by atoms with Crippen molar-refractivity contribution >= 4 is 22.6 Å². The summed E-state index contributed by atoms with van der Waals surface area (Å²) in [4.78, 5) is 28.2. The first-order valence-electron chi connectivity index (χ1n) is 13.1. The highest BCUT2D eigenvalue weighted by Gasteiger charge is 2.32. The van der Waals surface area contributed by atoms with Crippen LogP contribution in [0.5, 0.6) is 11.5 Å². The Morgan fingerprint density at radius 2 is 1.32 bits per heavy atom. The first-order valence-corrected chi connectivity index (χ1v) is 14.2. The molecule has 2 heterocycles. The number of aromatic amines is 2. The zero-order chi connectivity index (χ0) is 28.4. The fraction of sp³-hybridized carbons (Fsp3) is 0.226. The molecule has 0 atom stereocenters. The van der Waals surface area contributed by atoms with Crippen molar-refractivity contribution in [2.75, 3.05) is 13.7 Å². The molecule has 3 aromatic carbocycles. The second-order valence-electron chi connectivity index (χ2n) is 9.57. The molecule has 0 bridgehead atoms. The van der Waals surface area contributed by atoms with Crippen LogP contribution in [0.1, 0.15) is 47.3 Å². The van der Waals surface area contributed by atoms with Gasteiger partial charge in [0, 0.05) is 17.3 Å². The summed E-state index contributed by atoms with van der Waals surface area (Å²) in [5.41, 5.74) is 4.05. The molecule has 0 aliphatic rings. The standard InChI is InChI=1S/C31H31IN4O4/c1-5-16-40-29-24(32)17-21(18-25(29)39-4)28(26-19(2)33-35(30(26)37)22-12-8-6-9-13-22)27-20(3)34-36(31(27)38)23-14-10-7-11-15-23/h6-15,17-18,28,33-34H,5,16H2,1-4H3. The lowest BCUT2D eigenvalue weighted by atomic mass is 9.85. The van der Waals surface area contributed by atoms with E-state index >= 15 is 0 Å². The first-order chi connectivity index (χ1) is 19.3. The van der Waals surface area contributed by atoms with Gasteiger partial charge in [-0.15, -0.1) is 0 Å². The van der Waals surface area contributed by atoms with Gasteiger partial charge in [-0.2, -0.15) is 0 Å². The Morgan fingerprint density at radius 3 is 1.77 bits per heavy atom. The molecule has 0 fully saturated rings. The monoisotopic (exact) mass is 650 g/mol. The predicted molar refractivity (Wildman–Crippen MR) is 165 cm³/mol. The zero-order valence-electron chi connectivity index (χ0n) is 22.8. The van der Waals surface area contributed by atoms with Crippen molar-refractivity contribution in [2.45, 2.75) is 33.1 Å². The minimum absolute atomic E-state index is 0.222. The van der Waals surface area contributed by atoms with Crippen molar-refractivity contribution in [1.29, 1.82) is 0 Å². The third-order valence-electron chi connectivity index (χ3n) is 6.88. The molecule has 2 N–H and O–H groups in total. The number of benzene rings is 3. The molecule has 0 amide bonds. The van der Waals surface area contributed by atoms with Crippen LogP contribution < -0.4 is 20.6 Å². The predicted octanol–water partition coefficient (Wildman–Crippen LogP) is 5.84. The van der Waals surface area contributed by atoms with E-state index in [4.69, 9.17) is 9.47 Å². The lowest BCUT2D eigenvalue weighted by molar-refractivity contribution is 0.292. The van der Waals surface area contributed by atoms with Crippen LogP contribution in [0, 0.1) is 17.4 Å². The number of nitrogens with one attached hydrogen (secondary N) is 2. The van der Waals surface area contributed by atoms with Crippen LogP contribution in [-0.2, 0) is 0 Å². The first kappa shape index (κ1) is 27.6. The molecule has 9 heteroatoms. The Balaban J connectivity index is 1.79. The zero-order valence-corrected chi connectivity index (χ0v) is 25.0. The van der Waals surface area contributed by atoms with Crippen molar-refractivity contribution in [3.05, 3.63) is 125 Å². The number of hydrogen-bond donors (Lipinski definition) is 2.